The van der Waals surface area contributed by atoms with Crippen molar-refractivity contribution in [3.8, 4) is 0 Å². The molecule has 13 atom stereocenters. The van der Waals surface area contributed by atoms with Gasteiger partial charge in [0.2, 0.25) is 12.1 Å². The number of aliphatic hydroxyl groups excluding tert-OH is 8. The van der Waals surface area contributed by atoms with Crippen molar-refractivity contribution in [2.24, 2.45) is 11.8 Å². The van der Waals surface area contributed by atoms with E-state index in [-0.39, 0.29) is 12.5 Å². The second-order valence-corrected chi connectivity index (χ2v) is 9.01. The number of hydrogen-bond donors (Lipinski definition) is 8. The number of ether oxygens (including phenoxy) is 5. The lowest BCUT2D eigenvalue weighted by molar-refractivity contribution is -0.457. The summed E-state index contributed by atoms with van der Waals surface area (Å²) < 4.78 is 27.8. The van der Waals surface area contributed by atoms with Crippen molar-refractivity contribution in [2.75, 3.05) is 13.2 Å². The van der Waals surface area contributed by atoms with Crippen LogP contribution in [0.25, 0.3) is 0 Å². The molecule has 0 aromatic rings. The largest absolute Gasteiger partial charge is 0.472 e. The summed E-state index contributed by atoms with van der Waals surface area (Å²) in [5, 5.41) is 81.6. The van der Waals surface area contributed by atoms with Gasteiger partial charge in [0.15, 0.2) is 12.6 Å². The second kappa shape index (κ2) is 10.0. The Bertz CT molecular complexity index is 776. The summed E-state index contributed by atoms with van der Waals surface area (Å²) in [7, 11) is 0. The lowest BCUT2D eigenvalue weighted by Crippen LogP contribution is -2.70. The zero-order chi connectivity index (χ0) is 24.8. The van der Waals surface area contributed by atoms with Gasteiger partial charge in [-0.15, -0.1) is 0 Å². The van der Waals surface area contributed by atoms with E-state index in [1.54, 1.807) is 0 Å². The first-order valence-electron chi connectivity index (χ1n) is 11.1. The van der Waals surface area contributed by atoms with Crippen LogP contribution in [-0.2, 0) is 23.7 Å². The molecule has 1 aliphatic carbocycles. The van der Waals surface area contributed by atoms with E-state index in [0.29, 0.717) is 12.0 Å². The Labute approximate surface area is 195 Å². The lowest BCUT2D eigenvalue weighted by Gasteiger charge is -2.50. The summed E-state index contributed by atoms with van der Waals surface area (Å²) in [5.74, 6) is -2.89. The van der Waals surface area contributed by atoms with Gasteiger partial charge in [-0.2, -0.15) is 0 Å². The first kappa shape index (κ1) is 25.9. The van der Waals surface area contributed by atoms with Crippen LogP contribution in [0, 0.1) is 11.8 Å². The Balaban J connectivity index is 1.55. The van der Waals surface area contributed by atoms with Gasteiger partial charge in [0.05, 0.1) is 24.9 Å². The van der Waals surface area contributed by atoms with Gasteiger partial charge in [0.25, 0.3) is 0 Å². The molecule has 8 N–H and O–H groups in total. The number of allylic oxidation sites excluding steroid dienone is 2. The minimum atomic E-state index is -2.45. The van der Waals surface area contributed by atoms with Gasteiger partial charge >= 0.3 is 0 Å². The molecule has 4 aliphatic rings. The minimum absolute atomic E-state index is 0.0313. The first-order valence-corrected chi connectivity index (χ1v) is 11.1. The van der Waals surface area contributed by atoms with E-state index in [1.807, 2.05) is 12.2 Å². The molecule has 0 radical (unpaired) electrons. The normalized spacial score (nSPS) is 51.0. The van der Waals surface area contributed by atoms with Gasteiger partial charge < -0.3 is 64.5 Å². The van der Waals surface area contributed by atoms with E-state index in [9.17, 15) is 40.9 Å². The maximum atomic E-state index is 10.6. The molecular weight excluding hydrogens is 460 g/mol. The second-order valence-electron chi connectivity index (χ2n) is 9.01. The summed E-state index contributed by atoms with van der Waals surface area (Å²) in [4.78, 5) is 0. The summed E-state index contributed by atoms with van der Waals surface area (Å²) >= 11 is 0. The maximum absolute atomic E-state index is 10.6. The van der Waals surface area contributed by atoms with Crippen LogP contribution in [0.4, 0.5) is 0 Å². The monoisotopic (exact) mass is 492 g/mol. The van der Waals surface area contributed by atoms with Crippen molar-refractivity contribution in [1.82, 2.24) is 0 Å². The Morgan fingerprint density at radius 3 is 2.32 bits per heavy atom. The molecule has 13 nitrogen and oxygen atoms in total. The van der Waals surface area contributed by atoms with Gasteiger partial charge in [0, 0.05) is 0 Å². The highest BCUT2D eigenvalue weighted by molar-refractivity contribution is 5.21. The summed E-state index contributed by atoms with van der Waals surface area (Å²) in [6.07, 6.45) is -10.3. The predicted molar refractivity (Wildman–Crippen MR) is 108 cm³/mol. The molecule has 194 valence electrons. The highest BCUT2D eigenvalue weighted by atomic mass is 16.9. The van der Waals surface area contributed by atoms with Gasteiger partial charge in [-0.05, 0) is 30.9 Å². The van der Waals surface area contributed by atoms with Crippen LogP contribution in [0.5, 0.6) is 0 Å². The van der Waals surface area contributed by atoms with Crippen LogP contribution in [0.15, 0.2) is 24.0 Å². The molecule has 0 bridgehead atoms. The van der Waals surface area contributed by atoms with Crippen LogP contribution >= 0.6 is 0 Å². The number of hydrogen-bond acceptors (Lipinski definition) is 13. The molecule has 0 amide bonds. The van der Waals surface area contributed by atoms with E-state index in [2.05, 4.69) is 0 Å². The van der Waals surface area contributed by atoms with Crippen LogP contribution in [0.3, 0.4) is 0 Å². The van der Waals surface area contributed by atoms with E-state index in [0.717, 1.165) is 0 Å². The summed E-state index contributed by atoms with van der Waals surface area (Å²) in [6, 6.07) is 0. The molecule has 0 aromatic heterocycles. The van der Waals surface area contributed by atoms with Crippen molar-refractivity contribution in [3.05, 3.63) is 24.0 Å². The van der Waals surface area contributed by atoms with E-state index >= 15 is 0 Å². The SMILES string of the molecule is C[C@@H]1O[C@@H](O[C@@]2(CO)O[C@H](OC3OC=C[C@H]4CC=C(CO)[C@@H]34)[C@H](O)[C@@H](O)[C@H]2O)[C@H](O)[C@H](O)[C@@H]1O. The molecule has 3 heterocycles. The van der Waals surface area contributed by atoms with Crippen LogP contribution in [-0.4, -0.2) is 121 Å². The maximum Gasteiger partial charge on any atom is 0.226 e. The fraction of sp³-hybridized carbons (Fsp3) is 0.810. The number of rotatable bonds is 6. The van der Waals surface area contributed by atoms with Gasteiger partial charge in [-0.1, -0.05) is 6.08 Å². The molecule has 3 aliphatic heterocycles. The molecule has 2 saturated heterocycles. The molecule has 34 heavy (non-hydrogen) atoms. The van der Waals surface area contributed by atoms with Crippen LogP contribution in [0.1, 0.15) is 13.3 Å². The highest BCUT2D eigenvalue weighted by Crippen LogP contribution is 2.42. The minimum Gasteiger partial charge on any atom is -0.472 e. The van der Waals surface area contributed by atoms with Gasteiger partial charge in [-0.3, -0.25) is 0 Å². The van der Waals surface area contributed by atoms with Crippen molar-refractivity contribution < 1.29 is 64.5 Å². The molecule has 0 saturated carbocycles. The smallest absolute Gasteiger partial charge is 0.226 e. The molecule has 4 rings (SSSR count). The van der Waals surface area contributed by atoms with Crippen molar-refractivity contribution >= 4 is 0 Å². The zero-order valence-electron chi connectivity index (χ0n) is 18.4. The zero-order valence-corrected chi connectivity index (χ0v) is 18.4. The standard InChI is InChI=1S/C21H32O13/c1-8-12(24)13(25)15(27)19(31-8)33-21(7-23)17(29)14(26)16(28)20(34-21)32-18-11-9(4-5-30-18)2-3-10(11)6-22/h3-5,8-9,11-20,22-29H,2,6-7H2,1H3/t8-,9+,11-,12+,13+,14+,15+,16+,17+,18?,19-,20-,21-/m0/s1. The Morgan fingerprint density at radius 2 is 1.65 bits per heavy atom. The molecule has 1 unspecified atom stereocenters. The summed E-state index contributed by atoms with van der Waals surface area (Å²) in [6.45, 7) is 0.0971. The molecule has 13 heteroatoms. The summed E-state index contributed by atoms with van der Waals surface area (Å²) in [5.41, 5.74) is 0.662. The van der Waals surface area contributed by atoms with E-state index in [1.165, 1.54) is 13.2 Å². The third-order valence-corrected chi connectivity index (χ3v) is 6.89. The third kappa shape index (κ3) is 4.40. The molecular formula is C21H32O13. The average Bonchev–Trinajstić information content (AvgIpc) is 3.27. The molecule has 2 fully saturated rings. The Kier molecular flexibility index (Phi) is 7.65. The van der Waals surface area contributed by atoms with E-state index < -0.39 is 79.9 Å². The fourth-order valence-corrected chi connectivity index (χ4v) is 4.77. The van der Waals surface area contributed by atoms with Crippen LogP contribution in [0.2, 0.25) is 0 Å². The molecule has 0 spiro atoms. The average molecular weight is 492 g/mol. The molecule has 0 aromatic carbocycles. The van der Waals surface area contributed by atoms with Crippen LogP contribution < -0.4 is 0 Å². The predicted octanol–water partition coefficient (Wildman–Crippen LogP) is -3.60. The number of fused-ring (bicyclic) bond motifs is 1. The quantitative estimate of drug-likeness (QED) is 0.169. The number of aliphatic hydroxyl groups is 8. The third-order valence-electron chi connectivity index (χ3n) is 6.89. The van der Waals surface area contributed by atoms with E-state index in [4.69, 9.17) is 23.7 Å². The van der Waals surface area contributed by atoms with Gasteiger partial charge in [0.1, 0.15) is 43.2 Å². The highest BCUT2D eigenvalue weighted by Gasteiger charge is 2.59. The first-order chi connectivity index (χ1) is 16.1. The lowest BCUT2D eigenvalue weighted by atomic mass is 9.89. The topological polar surface area (TPSA) is 208 Å². The Hall–Kier alpha value is -1.20. The fourth-order valence-electron chi connectivity index (χ4n) is 4.77. The van der Waals surface area contributed by atoms with Crippen molar-refractivity contribution in [2.45, 2.75) is 80.7 Å². The van der Waals surface area contributed by atoms with Gasteiger partial charge in [-0.25, -0.2) is 0 Å². The van der Waals surface area contributed by atoms with Crippen molar-refractivity contribution in [1.29, 1.82) is 0 Å². The van der Waals surface area contributed by atoms with Crippen molar-refractivity contribution in [3.63, 3.8) is 0 Å². The Morgan fingerprint density at radius 1 is 0.941 bits per heavy atom.